The lowest BCUT2D eigenvalue weighted by atomic mass is 10.3. The molecule has 1 aromatic rings. The topological polar surface area (TPSA) is 67.0 Å². The lowest BCUT2D eigenvalue weighted by molar-refractivity contribution is 0.109. The highest BCUT2D eigenvalue weighted by Crippen LogP contribution is 2.04. The van der Waals surface area contributed by atoms with Crippen molar-refractivity contribution in [2.45, 2.75) is 0 Å². The molecular formula is C7H5NO3. The van der Waals surface area contributed by atoms with Crippen LogP contribution in [0.3, 0.4) is 0 Å². The van der Waals surface area contributed by atoms with Crippen molar-refractivity contribution in [1.82, 2.24) is 4.98 Å². The van der Waals surface area contributed by atoms with Gasteiger partial charge in [-0.15, -0.1) is 0 Å². The number of rotatable bonds is 3. The Morgan fingerprint density at radius 2 is 1.82 bits per heavy atom. The van der Waals surface area contributed by atoms with Gasteiger partial charge in [0.05, 0.1) is 11.4 Å². The van der Waals surface area contributed by atoms with Gasteiger partial charge in [-0.1, -0.05) is 0 Å². The molecule has 0 unspecified atom stereocenters. The molecule has 4 heteroatoms. The van der Waals surface area contributed by atoms with Crippen molar-refractivity contribution in [2.75, 3.05) is 0 Å². The van der Waals surface area contributed by atoms with Gasteiger partial charge in [0, 0.05) is 5.56 Å². The Labute approximate surface area is 62.2 Å². The molecule has 0 saturated carbocycles. The van der Waals surface area contributed by atoms with E-state index >= 15 is 0 Å². The fourth-order valence-electron chi connectivity index (χ4n) is 0.768. The molecule has 1 heterocycles. The maximum absolute atomic E-state index is 10.2. The standard InChI is InChI=1S/C7H5NO3/c9-2-5-1-6(3-10)8-7(5)4-11/h1-4,8H. The molecule has 0 aliphatic heterocycles. The third-order valence-corrected chi connectivity index (χ3v) is 1.27. The minimum absolute atomic E-state index is 0.141. The monoisotopic (exact) mass is 151 g/mol. The van der Waals surface area contributed by atoms with Crippen molar-refractivity contribution >= 4 is 18.9 Å². The van der Waals surface area contributed by atoms with Crippen molar-refractivity contribution < 1.29 is 14.4 Å². The van der Waals surface area contributed by atoms with Gasteiger partial charge < -0.3 is 4.98 Å². The van der Waals surface area contributed by atoms with Crippen molar-refractivity contribution in [3.63, 3.8) is 0 Å². The molecule has 0 aliphatic rings. The van der Waals surface area contributed by atoms with Gasteiger partial charge >= 0.3 is 0 Å². The number of hydrogen-bond donors (Lipinski definition) is 1. The highest BCUT2D eigenvalue weighted by atomic mass is 16.1. The van der Waals surface area contributed by atoms with Gasteiger partial charge in [-0.2, -0.15) is 0 Å². The van der Waals surface area contributed by atoms with E-state index < -0.39 is 0 Å². The fraction of sp³-hybridized carbons (Fsp3) is 0. The first kappa shape index (κ1) is 7.40. The smallest absolute Gasteiger partial charge is 0.166 e. The van der Waals surface area contributed by atoms with E-state index in [0.29, 0.717) is 18.9 Å². The summed E-state index contributed by atoms with van der Waals surface area (Å²) in [4.78, 5) is 33.0. The number of aromatic amines is 1. The summed E-state index contributed by atoms with van der Waals surface area (Å²) in [6.07, 6.45) is 1.56. The van der Waals surface area contributed by atoms with Gasteiger partial charge in [-0.25, -0.2) is 0 Å². The highest BCUT2D eigenvalue weighted by Gasteiger charge is 2.04. The quantitative estimate of drug-likeness (QED) is 0.638. The van der Waals surface area contributed by atoms with Crippen LogP contribution in [0.15, 0.2) is 6.07 Å². The average molecular weight is 151 g/mol. The molecule has 0 atom stereocenters. The van der Waals surface area contributed by atoms with E-state index in [9.17, 15) is 14.4 Å². The van der Waals surface area contributed by atoms with E-state index in [0.717, 1.165) is 0 Å². The highest BCUT2D eigenvalue weighted by molar-refractivity contribution is 5.91. The first-order chi connectivity index (χ1) is 5.31. The molecule has 1 aromatic heterocycles. The van der Waals surface area contributed by atoms with E-state index in [4.69, 9.17) is 0 Å². The summed E-state index contributed by atoms with van der Waals surface area (Å²) in [5.74, 6) is 0. The van der Waals surface area contributed by atoms with Crippen LogP contribution in [0, 0.1) is 0 Å². The van der Waals surface area contributed by atoms with Crippen molar-refractivity contribution in [1.29, 1.82) is 0 Å². The molecule has 0 spiro atoms. The third-order valence-electron chi connectivity index (χ3n) is 1.27. The van der Waals surface area contributed by atoms with Crippen LogP contribution in [-0.4, -0.2) is 23.8 Å². The molecule has 11 heavy (non-hydrogen) atoms. The normalized spacial score (nSPS) is 9.09. The van der Waals surface area contributed by atoms with Gasteiger partial charge in [0.1, 0.15) is 0 Å². The predicted octanol–water partition coefficient (Wildman–Crippen LogP) is 0.452. The Kier molecular flexibility index (Phi) is 1.96. The minimum atomic E-state index is 0.141. The molecule has 0 aromatic carbocycles. The summed E-state index contributed by atoms with van der Waals surface area (Å²) < 4.78 is 0. The number of carbonyl (C=O) groups is 3. The van der Waals surface area contributed by atoms with Gasteiger partial charge in [0.2, 0.25) is 0 Å². The van der Waals surface area contributed by atoms with Crippen LogP contribution in [0.1, 0.15) is 31.3 Å². The summed E-state index contributed by atoms with van der Waals surface area (Å²) >= 11 is 0. The van der Waals surface area contributed by atoms with E-state index in [2.05, 4.69) is 4.98 Å². The first-order valence-electron chi connectivity index (χ1n) is 2.90. The average Bonchev–Trinajstić information content (AvgIpc) is 2.46. The Balaban J connectivity index is 3.21. The van der Waals surface area contributed by atoms with Crippen LogP contribution in [0.2, 0.25) is 0 Å². The first-order valence-corrected chi connectivity index (χ1v) is 2.90. The van der Waals surface area contributed by atoms with Crippen LogP contribution in [-0.2, 0) is 0 Å². The predicted molar refractivity (Wildman–Crippen MR) is 37.0 cm³/mol. The molecule has 0 fully saturated rings. The zero-order valence-corrected chi connectivity index (χ0v) is 5.53. The largest absolute Gasteiger partial charge is 0.350 e. The van der Waals surface area contributed by atoms with Crippen LogP contribution in [0.25, 0.3) is 0 Å². The van der Waals surface area contributed by atoms with Crippen LogP contribution < -0.4 is 0 Å². The van der Waals surface area contributed by atoms with Crippen molar-refractivity contribution in [3.8, 4) is 0 Å². The van der Waals surface area contributed by atoms with Crippen LogP contribution in [0.4, 0.5) is 0 Å². The number of aldehydes is 3. The SMILES string of the molecule is O=Cc1cc(C=O)c(C=O)[nH]1. The van der Waals surface area contributed by atoms with E-state index in [-0.39, 0.29) is 17.0 Å². The maximum atomic E-state index is 10.2. The van der Waals surface area contributed by atoms with Crippen LogP contribution >= 0.6 is 0 Å². The summed E-state index contributed by atoms with van der Waals surface area (Å²) in [5.41, 5.74) is 0.582. The van der Waals surface area contributed by atoms with E-state index in [1.165, 1.54) is 6.07 Å². The summed E-state index contributed by atoms with van der Waals surface area (Å²) in [6.45, 7) is 0. The molecular weight excluding hydrogens is 146 g/mol. The number of carbonyl (C=O) groups excluding carboxylic acids is 3. The second kappa shape index (κ2) is 2.92. The van der Waals surface area contributed by atoms with Crippen LogP contribution in [0.5, 0.6) is 0 Å². The molecule has 1 rings (SSSR count). The third kappa shape index (κ3) is 1.24. The number of H-pyrrole nitrogens is 1. The van der Waals surface area contributed by atoms with Gasteiger partial charge in [0.25, 0.3) is 0 Å². The molecule has 0 amide bonds. The second-order valence-corrected chi connectivity index (χ2v) is 1.95. The molecule has 0 saturated heterocycles. The van der Waals surface area contributed by atoms with Crippen molar-refractivity contribution in [2.24, 2.45) is 0 Å². The van der Waals surface area contributed by atoms with Gasteiger partial charge in [0.15, 0.2) is 18.9 Å². The zero-order chi connectivity index (χ0) is 8.27. The maximum Gasteiger partial charge on any atom is 0.166 e. The summed E-state index contributed by atoms with van der Waals surface area (Å²) in [7, 11) is 0. The number of aromatic nitrogens is 1. The fourth-order valence-corrected chi connectivity index (χ4v) is 0.768. The molecule has 4 nitrogen and oxygen atoms in total. The Hall–Kier alpha value is -1.71. The zero-order valence-electron chi connectivity index (χ0n) is 5.53. The second-order valence-electron chi connectivity index (χ2n) is 1.95. The Morgan fingerprint density at radius 3 is 2.18 bits per heavy atom. The molecule has 1 N–H and O–H groups in total. The molecule has 0 aliphatic carbocycles. The molecule has 0 radical (unpaired) electrons. The van der Waals surface area contributed by atoms with Gasteiger partial charge in [-0.3, -0.25) is 14.4 Å². The Bertz CT molecular complexity index is 275. The summed E-state index contributed by atoms with van der Waals surface area (Å²) in [6, 6.07) is 1.32. The number of hydrogen-bond acceptors (Lipinski definition) is 3. The molecule has 56 valence electrons. The van der Waals surface area contributed by atoms with Crippen molar-refractivity contribution in [3.05, 3.63) is 23.0 Å². The van der Waals surface area contributed by atoms with E-state index in [1.54, 1.807) is 0 Å². The lowest BCUT2D eigenvalue weighted by Crippen LogP contribution is -1.85. The summed E-state index contributed by atoms with van der Waals surface area (Å²) in [5, 5.41) is 0. The Morgan fingerprint density at radius 1 is 1.09 bits per heavy atom. The minimum Gasteiger partial charge on any atom is -0.350 e. The van der Waals surface area contributed by atoms with E-state index in [1.807, 2.05) is 0 Å². The number of nitrogens with one attached hydrogen (secondary N) is 1. The molecule has 0 bridgehead atoms. The van der Waals surface area contributed by atoms with Gasteiger partial charge in [-0.05, 0) is 6.07 Å². The lowest BCUT2D eigenvalue weighted by Gasteiger charge is -1.80.